The van der Waals surface area contributed by atoms with Crippen LogP contribution in [0.4, 0.5) is 0 Å². The van der Waals surface area contributed by atoms with E-state index in [1.54, 1.807) is 38.1 Å². The number of fused-ring (bicyclic) bond motifs is 1. The third-order valence-electron chi connectivity index (χ3n) is 6.78. The van der Waals surface area contributed by atoms with E-state index in [1.807, 2.05) is 50.2 Å². The molecule has 4 aromatic rings. The molecule has 5 rings (SSSR count). The molecule has 234 valence electrons. The summed E-state index contributed by atoms with van der Waals surface area (Å²) < 4.78 is 20.0. The number of aromatic nitrogens is 1. The summed E-state index contributed by atoms with van der Waals surface area (Å²) in [6, 6.07) is 15.4. The highest BCUT2D eigenvalue weighted by atomic mass is 79.9. The first-order valence-corrected chi connectivity index (χ1v) is 16.7. The third kappa shape index (κ3) is 7.18. The van der Waals surface area contributed by atoms with Gasteiger partial charge in [-0.25, -0.2) is 9.79 Å². The summed E-state index contributed by atoms with van der Waals surface area (Å²) in [4.78, 5) is 32.5. The van der Waals surface area contributed by atoms with E-state index in [0.29, 0.717) is 57.2 Å². The minimum Gasteiger partial charge on any atom is -0.491 e. The summed E-state index contributed by atoms with van der Waals surface area (Å²) in [5.74, 6) is 0.470. The lowest BCUT2D eigenvalue weighted by molar-refractivity contribution is -0.139. The van der Waals surface area contributed by atoms with E-state index in [1.165, 1.54) is 15.9 Å². The van der Waals surface area contributed by atoms with Crippen molar-refractivity contribution in [3.05, 3.63) is 122 Å². The molecular weight excluding hydrogens is 723 g/mol. The number of hydrogen-bond donors (Lipinski definition) is 0. The summed E-state index contributed by atoms with van der Waals surface area (Å²) in [6.45, 7) is 7.72. The van der Waals surface area contributed by atoms with E-state index < -0.39 is 12.0 Å². The van der Waals surface area contributed by atoms with Gasteiger partial charge in [0.1, 0.15) is 18.4 Å². The van der Waals surface area contributed by atoms with Gasteiger partial charge in [0.2, 0.25) is 0 Å². The number of carbonyl (C=O) groups excluding carboxylic acids is 1. The Bertz CT molecular complexity index is 1980. The van der Waals surface area contributed by atoms with Gasteiger partial charge >= 0.3 is 5.97 Å². The van der Waals surface area contributed by atoms with Crippen molar-refractivity contribution < 1.29 is 19.0 Å². The van der Waals surface area contributed by atoms with E-state index in [4.69, 9.17) is 49.0 Å². The maximum Gasteiger partial charge on any atom is 0.338 e. The lowest BCUT2D eigenvalue weighted by Crippen LogP contribution is -2.40. The van der Waals surface area contributed by atoms with Crippen molar-refractivity contribution >= 4 is 74.1 Å². The minimum absolute atomic E-state index is 0.128. The topological polar surface area (TPSA) is 79.1 Å². The number of carbonyl (C=O) groups is 1. The molecule has 0 saturated carbocycles. The smallest absolute Gasteiger partial charge is 0.338 e. The Hall–Kier alpha value is -3.08. The van der Waals surface area contributed by atoms with E-state index in [2.05, 4.69) is 20.9 Å². The van der Waals surface area contributed by atoms with Crippen LogP contribution in [0.5, 0.6) is 11.5 Å². The summed E-state index contributed by atoms with van der Waals surface area (Å²) >= 11 is 23.6. The fourth-order valence-electron chi connectivity index (χ4n) is 4.89. The van der Waals surface area contributed by atoms with E-state index >= 15 is 0 Å². The first-order valence-electron chi connectivity index (χ1n) is 14.0. The van der Waals surface area contributed by atoms with Crippen LogP contribution in [-0.2, 0) is 16.1 Å². The van der Waals surface area contributed by atoms with Crippen molar-refractivity contribution in [3.63, 3.8) is 0 Å². The Morgan fingerprint density at radius 2 is 1.84 bits per heavy atom. The number of para-hydroxylation sites is 1. The molecule has 0 aliphatic carbocycles. The van der Waals surface area contributed by atoms with Crippen LogP contribution in [0.3, 0.4) is 0 Å². The highest BCUT2D eigenvalue weighted by molar-refractivity contribution is 9.10. The zero-order chi connectivity index (χ0) is 32.4. The molecule has 2 heterocycles. The van der Waals surface area contributed by atoms with Gasteiger partial charge in [0.05, 0.1) is 48.1 Å². The second-order valence-corrected chi connectivity index (χ2v) is 13.4. The molecule has 1 aliphatic heterocycles. The monoisotopic (exact) mass is 748 g/mol. The Morgan fingerprint density at radius 3 is 2.53 bits per heavy atom. The molecular formula is C33H28BrCl3N2O5S. The number of ether oxygens (including phenoxy) is 3. The van der Waals surface area contributed by atoms with Crippen LogP contribution in [0.15, 0.2) is 80.1 Å². The van der Waals surface area contributed by atoms with Gasteiger partial charge in [0.25, 0.3) is 5.56 Å². The molecule has 1 aliphatic rings. The lowest BCUT2D eigenvalue weighted by atomic mass is 9.95. The van der Waals surface area contributed by atoms with Gasteiger partial charge in [0.15, 0.2) is 10.6 Å². The molecule has 45 heavy (non-hydrogen) atoms. The highest BCUT2D eigenvalue weighted by Crippen LogP contribution is 2.37. The summed E-state index contributed by atoms with van der Waals surface area (Å²) in [6.07, 6.45) is 1.61. The molecule has 0 bridgehead atoms. The zero-order valence-electron chi connectivity index (χ0n) is 24.7. The minimum atomic E-state index is -0.801. The van der Waals surface area contributed by atoms with E-state index in [0.717, 1.165) is 5.56 Å². The molecule has 0 N–H and O–H groups in total. The molecule has 3 aromatic carbocycles. The van der Waals surface area contributed by atoms with Crippen LogP contribution in [0.25, 0.3) is 6.08 Å². The predicted octanol–water partition coefficient (Wildman–Crippen LogP) is 7.89. The largest absolute Gasteiger partial charge is 0.491 e. The first kappa shape index (κ1) is 33.3. The molecule has 0 amide bonds. The van der Waals surface area contributed by atoms with Crippen LogP contribution in [0.2, 0.25) is 15.1 Å². The molecule has 0 fully saturated rings. The standard InChI is InChI=1S/C33H28BrCl3N2O5S/c1-5-42-32(41)28-18(4)38-33-39(29(28)21-8-6-7-9-26(21)44-17(2)3)31(40)27(45-33)15-20-12-22(34)30(25(37)14-20)43-16-19-10-11-23(35)24(36)13-19/h6-15,17,29H,5,16H2,1-4H3/b27-15+/t29-/m0/s1. The Kier molecular flexibility index (Phi) is 10.5. The van der Waals surface area contributed by atoms with Crippen molar-refractivity contribution in [1.29, 1.82) is 0 Å². The zero-order valence-corrected chi connectivity index (χ0v) is 29.4. The van der Waals surface area contributed by atoms with Gasteiger partial charge in [-0.3, -0.25) is 9.36 Å². The number of thiazole rings is 1. The van der Waals surface area contributed by atoms with Crippen molar-refractivity contribution in [2.75, 3.05) is 6.61 Å². The van der Waals surface area contributed by atoms with Gasteiger partial charge in [-0.15, -0.1) is 0 Å². The normalized spacial score (nSPS) is 14.8. The van der Waals surface area contributed by atoms with E-state index in [-0.39, 0.29) is 30.5 Å². The second kappa shape index (κ2) is 14.1. The maximum atomic E-state index is 14.1. The lowest BCUT2D eigenvalue weighted by Gasteiger charge is -2.26. The van der Waals surface area contributed by atoms with Crippen LogP contribution in [0.1, 0.15) is 50.4 Å². The molecule has 0 saturated heterocycles. The average Bonchev–Trinajstić information content (AvgIpc) is 3.27. The predicted molar refractivity (Wildman–Crippen MR) is 183 cm³/mol. The van der Waals surface area contributed by atoms with Crippen molar-refractivity contribution in [2.45, 2.75) is 46.4 Å². The second-order valence-electron chi connectivity index (χ2n) is 10.4. The van der Waals surface area contributed by atoms with Crippen LogP contribution in [-0.4, -0.2) is 23.2 Å². The summed E-state index contributed by atoms with van der Waals surface area (Å²) in [5.41, 5.74) is 2.59. The number of rotatable bonds is 9. The van der Waals surface area contributed by atoms with Gasteiger partial charge in [0, 0.05) is 5.56 Å². The molecule has 0 unspecified atom stereocenters. The molecule has 12 heteroatoms. The summed E-state index contributed by atoms with van der Waals surface area (Å²) in [7, 11) is 0. The third-order valence-corrected chi connectivity index (χ3v) is 9.37. The highest BCUT2D eigenvalue weighted by Gasteiger charge is 2.35. The number of nitrogens with zero attached hydrogens (tertiary/aromatic N) is 2. The van der Waals surface area contributed by atoms with Gasteiger partial charge in [-0.2, -0.15) is 0 Å². The van der Waals surface area contributed by atoms with Gasteiger partial charge in [-0.1, -0.05) is 70.4 Å². The van der Waals surface area contributed by atoms with Crippen LogP contribution in [0, 0.1) is 0 Å². The number of esters is 1. The molecule has 0 radical (unpaired) electrons. The van der Waals surface area contributed by atoms with Crippen LogP contribution >= 0.6 is 62.1 Å². The van der Waals surface area contributed by atoms with Crippen LogP contribution < -0.4 is 24.4 Å². The van der Waals surface area contributed by atoms with E-state index in [9.17, 15) is 9.59 Å². The SMILES string of the molecule is CCOC(=O)C1=C(C)N=c2s/c(=C/c3cc(Cl)c(OCc4ccc(Cl)c(Cl)c4)c(Br)c3)c(=O)n2[C@H]1c1ccccc1OC(C)C. The van der Waals surface area contributed by atoms with Crippen molar-refractivity contribution in [1.82, 2.24) is 4.57 Å². The number of halogens is 4. The quantitative estimate of drug-likeness (QED) is 0.163. The molecule has 1 atom stereocenters. The van der Waals surface area contributed by atoms with Crippen molar-refractivity contribution in [2.24, 2.45) is 4.99 Å². The average molecular weight is 751 g/mol. The number of benzene rings is 3. The fraction of sp³-hybridized carbons (Fsp3) is 0.242. The molecule has 0 spiro atoms. The first-order chi connectivity index (χ1) is 21.5. The summed E-state index contributed by atoms with van der Waals surface area (Å²) in [5, 5.41) is 1.24. The van der Waals surface area contributed by atoms with Gasteiger partial charge < -0.3 is 14.2 Å². The number of allylic oxidation sites excluding steroid dienone is 1. The number of hydrogen-bond acceptors (Lipinski definition) is 7. The Labute approximate surface area is 287 Å². The van der Waals surface area contributed by atoms with Gasteiger partial charge in [-0.05, 0) is 91.2 Å². The molecule has 1 aromatic heterocycles. The maximum absolute atomic E-state index is 14.1. The molecule has 7 nitrogen and oxygen atoms in total. The Morgan fingerprint density at radius 1 is 1.09 bits per heavy atom. The fourth-order valence-corrected chi connectivity index (χ4v) is 7.25. The Balaban J connectivity index is 1.57. The van der Waals surface area contributed by atoms with Crippen molar-refractivity contribution in [3.8, 4) is 11.5 Å².